The molecule has 1 saturated heterocycles. The van der Waals surface area contributed by atoms with Gasteiger partial charge in [0.1, 0.15) is 0 Å². The van der Waals surface area contributed by atoms with Gasteiger partial charge in [-0.05, 0) is 57.5 Å². The molecule has 1 aromatic rings. The number of benzene rings is 1. The molecular weight excluding hydrogens is 312 g/mol. The largest absolute Gasteiger partial charge is 0.381 e. The fourth-order valence-electron chi connectivity index (χ4n) is 3.46. The van der Waals surface area contributed by atoms with E-state index in [-0.39, 0.29) is 17.9 Å². The topological polar surface area (TPSA) is 47.6 Å². The molecule has 1 aromatic carbocycles. The van der Waals surface area contributed by atoms with Crippen molar-refractivity contribution in [2.24, 2.45) is 5.92 Å². The van der Waals surface area contributed by atoms with E-state index in [0.717, 1.165) is 44.7 Å². The molecule has 1 aliphatic carbocycles. The smallest absolute Gasteiger partial charge is 0.223 e. The van der Waals surface area contributed by atoms with Crippen LogP contribution in [0.25, 0.3) is 0 Å². The zero-order chi connectivity index (χ0) is 17.8. The fourth-order valence-corrected chi connectivity index (χ4v) is 3.46. The van der Waals surface area contributed by atoms with Crippen LogP contribution in [0.1, 0.15) is 31.7 Å². The number of amides is 1. The van der Waals surface area contributed by atoms with E-state index >= 15 is 0 Å². The van der Waals surface area contributed by atoms with Gasteiger partial charge in [0.15, 0.2) is 0 Å². The Hall–Kier alpha value is -1.75. The first-order valence-electron chi connectivity index (χ1n) is 9.61. The third kappa shape index (κ3) is 4.66. The van der Waals surface area contributed by atoms with Gasteiger partial charge in [-0.25, -0.2) is 0 Å². The van der Waals surface area contributed by atoms with Crippen molar-refractivity contribution < 1.29 is 4.79 Å². The number of carbonyl (C=O) groups is 1. The van der Waals surface area contributed by atoms with Crippen LogP contribution >= 0.6 is 0 Å². The lowest BCUT2D eigenvalue weighted by Gasteiger charge is -2.34. The quantitative estimate of drug-likeness (QED) is 0.832. The lowest BCUT2D eigenvalue weighted by Crippen LogP contribution is -2.44. The van der Waals surface area contributed by atoms with Crippen LogP contribution < -0.4 is 15.5 Å². The summed E-state index contributed by atoms with van der Waals surface area (Å²) < 4.78 is 0. The first kappa shape index (κ1) is 18.1. The summed E-state index contributed by atoms with van der Waals surface area (Å²) in [7, 11) is 2.18. The number of hydrogen-bond donors (Lipinski definition) is 2. The van der Waals surface area contributed by atoms with E-state index in [0.29, 0.717) is 6.54 Å². The Morgan fingerprint density at radius 2 is 1.96 bits per heavy atom. The molecule has 1 saturated carbocycles. The van der Waals surface area contributed by atoms with E-state index in [1.54, 1.807) is 0 Å². The number of anilines is 2. The molecule has 0 spiro atoms. The molecule has 0 aromatic heterocycles. The molecule has 3 rings (SSSR count). The lowest BCUT2D eigenvalue weighted by atomic mass is 9.85. The van der Waals surface area contributed by atoms with Crippen LogP contribution in [-0.4, -0.2) is 56.6 Å². The highest BCUT2D eigenvalue weighted by atomic mass is 16.1. The monoisotopic (exact) mass is 344 g/mol. The Morgan fingerprint density at radius 3 is 2.56 bits per heavy atom. The van der Waals surface area contributed by atoms with Gasteiger partial charge in [0.25, 0.3) is 0 Å². The van der Waals surface area contributed by atoms with Crippen LogP contribution in [0.3, 0.4) is 0 Å². The minimum absolute atomic E-state index is 0.220. The zero-order valence-electron chi connectivity index (χ0n) is 15.8. The van der Waals surface area contributed by atoms with Crippen molar-refractivity contribution in [1.29, 1.82) is 0 Å². The van der Waals surface area contributed by atoms with E-state index < -0.39 is 0 Å². The Balaban J connectivity index is 1.51. The van der Waals surface area contributed by atoms with Crippen LogP contribution in [0.2, 0.25) is 0 Å². The second-order valence-electron chi connectivity index (χ2n) is 7.71. The molecule has 1 heterocycles. The summed E-state index contributed by atoms with van der Waals surface area (Å²) in [5.41, 5.74) is 3.72. The third-order valence-corrected chi connectivity index (χ3v) is 5.54. The number of rotatable bonds is 6. The summed E-state index contributed by atoms with van der Waals surface area (Å²) in [5.74, 6) is 0.485. The van der Waals surface area contributed by atoms with Crippen molar-refractivity contribution in [2.75, 3.05) is 50.0 Å². The number of carbonyl (C=O) groups excluding carboxylic acids is 1. The number of piperazine rings is 1. The molecule has 2 aliphatic rings. The van der Waals surface area contributed by atoms with Gasteiger partial charge >= 0.3 is 0 Å². The van der Waals surface area contributed by atoms with E-state index in [1.807, 2.05) is 0 Å². The van der Waals surface area contributed by atoms with Crippen molar-refractivity contribution in [3.63, 3.8) is 0 Å². The van der Waals surface area contributed by atoms with Gasteiger partial charge in [0, 0.05) is 56.1 Å². The molecule has 0 radical (unpaired) electrons. The number of nitrogens with zero attached hydrogens (tertiary/aromatic N) is 2. The van der Waals surface area contributed by atoms with Gasteiger partial charge in [0.05, 0.1) is 0 Å². The molecule has 25 heavy (non-hydrogen) atoms. The summed E-state index contributed by atoms with van der Waals surface area (Å²) in [6.07, 6.45) is 3.31. The summed E-state index contributed by atoms with van der Waals surface area (Å²) >= 11 is 0. The summed E-state index contributed by atoms with van der Waals surface area (Å²) in [4.78, 5) is 16.8. The predicted octanol–water partition coefficient (Wildman–Crippen LogP) is 2.46. The van der Waals surface area contributed by atoms with Crippen LogP contribution in [0, 0.1) is 12.8 Å². The molecule has 2 N–H and O–H groups in total. The van der Waals surface area contributed by atoms with Crippen LogP contribution in [0.4, 0.5) is 11.4 Å². The van der Waals surface area contributed by atoms with Crippen LogP contribution in [0.15, 0.2) is 18.2 Å². The second-order valence-corrected chi connectivity index (χ2v) is 7.71. The molecule has 1 unspecified atom stereocenters. The van der Waals surface area contributed by atoms with E-state index in [9.17, 15) is 4.79 Å². The molecule has 5 nitrogen and oxygen atoms in total. The van der Waals surface area contributed by atoms with E-state index in [4.69, 9.17) is 0 Å². The number of likely N-dealkylation sites (N-methyl/N-ethyl adjacent to an activating group) is 1. The molecular formula is C20H32N4O. The molecule has 2 fully saturated rings. The molecule has 5 heteroatoms. The number of hydrogen-bond acceptors (Lipinski definition) is 4. The molecule has 1 amide bonds. The predicted molar refractivity (Wildman–Crippen MR) is 104 cm³/mol. The summed E-state index contributed by atoms with van der Waals surface area (Å²) in [6, 6.07) is 6.87. The van der Waals surface area contributed by atoms with Crippen molar-refractivity contribution in [3.8, 4) is 0 Å². The van der Waals surface area contributed by atoms with Crippen molar-refractivity contribution >= 4 is 17.3 Å². The Labute approximate surface area is 151 Å². The normalized spacial score (nSPS) is 20.0. The zero-order valence-corrected chi connectivity index (χ0v) is 15.8. The maximum absolute atomic E-state index is 11.9. The van der Waals surface area contributed by atoms with Gasteiger partial charge in [-0.3, -0.25) is 4.79 Å². The average Bonchev–Trinajstić information content (AvgIpc) is 2.54. The minimum Gasteiger partial charge on any atom is -0.381 e. The Morgan fingerprint density at radius 1 is 1.24 bits per heavy atom. The van der Waals surface area contributed by atoms with Gasteiger partial charge in [-0.15, -0.1) is 0 Å². The second kappa shape index (κ2) is 8.09. The highest BCUT2D eigenvalue weighted by Crippen LogP contribution is 2.26. The van der Waals surface area contributed by atoms with Gasteiger partial charge in [-0.1, -0.05) is 6.42 Å². The maximum Gasteiger partial charge on any atom is 0.223 e. The first-order chi connectivity index (χ1) is 12.0. The highest BCUT2D eigenvalue weighted by Gasteiger charge is 2.25. The van der Waals surface area contributed by atoms with E-state index in [2.05, 4.69) is 59.5 Å². The molecule has 1 atom stereocenters. The van der Waals surface area contributed by atoms with Gasteiger partial charge < -0.3 is 20.4 Å². The Kier molecular flexibility index (Phi) is 5.84. The number of aryl methyl sites for hydroxylation is 1. The fraction of sp³-hybridized carbons (Fsp3) is 0.650. The molecule has 138 valence electrons. The average molecular weight is 345 g/mol. The van der Waals surface area contributed by atoms with Crippen molar-refractivity contribution in [1.82, 2.24) is 10.2 Å². The van der Waals surface area contributed by atoms with Crippen molar-refractivity contribution in [2.45, 2.75) is 39.2 Å². The van der Waals surface area contributed by atoms with Gasteiger partial charge in [0.2, 0.25) is 5.91 Å². The van der Waals surface area contributed by atoms with Crippen LogP contribution in [0.5, 0.6) is 0 Å². The Bertz CT molecular complexity index is 591. The summed E-state index contributed by atoms with van der Waals surface area (Å²) in [5, 5.41) is 6.61. The summed E-state index contributed by atoms with van der Waals surface area (Å²) in [6.45, 7) is 9.37. The first-order valence-corrected chi connectivity index (χ1v) is 9.61. The van der Waals surface area contributed by atoms with Crippen LogP contribution in [-0.2, 0) is 4.79 Å². The molecule has 1 aliphatic heterocycles. The SMILES string of the molecule is Cc1cc(N2CCN(C)CC2)ccc1NC(C)CNC(=O)C1CCC1. The van der Waals surface area contributed by atoms with Gasteiger partial charge in [-0.2, -0.15) is 0 Å². The molecule has 0 bridgehead atoms. The number of nitrogens with one attached hydrogen (secondary N) is 2. The van der Waals surface area contributed by atoms with E-state index in [1.165, 1.54) is 17.7 Å². The standard InChI is InChI=1S/C20H32N4O/c1-15-13-18(24-11-9-23(3)10-12-24)7-8-19(15)22-16(2)14-21-20(25)17-5-4-6-17/h7-8,13,16-17,22H,4-6,9-12,14H2,1-3H3,(H,21,25). The maximum atomic E-state index is 11.9. The lowest BCUT2D eigenvalue weighted by molar-refractivity contribution is -0.127. The third-order valence-electron chi connectivity index (χ3n) is 5.54. The minimum atomic E-state index is 0.220. The van der Waals surface area contributed by atoms with Crippen molar-refractivity contribution in [3.05, 3.63) is 23.8 Å². The highest BCUT2D eigenvalue weighted by molar-refractivity contribution is 5.79.